The lowest BCUT2D eigenvalue weighted by atomic mass is 10.2. The average molecular weight is 523 g/mol. The SMILES string of the molecule is CC/C=C\C/C=C\C/C=C\C/C=C\C/C=C\CCCCOC(CC)CNCCNC(=O)c1ccccc1O. The topological polar surface area (TPSA) is 70.6 Å². The summed E-state index contributed by atoms with van der Waals surface area (Å²) in [5.74, 6) is -0.264. The lowest BCUT2D eigenvalue weighted by Gasteiger charge is -2.17. The van der Waals surface area contributed by atoms with Gasteiger partial charge >= 0.3 is 0 Å². The van der Waals surface area contributed by atoms with Gasteiger partial charge < -0.3 is 20.5 Å². The number of para-hydroxylation sites is 1. The van der Waals surface area contributed by atoms with Gasteiger partial charge in [0.2, 0.25) is 0 Å². The van der Waals surface area contributed by atoms with Crippen molar-refractivity contribution in [3.63, 3.8) is 0 Å². The van der Waals surface area contributed by atoms with Crippen LogP contribution < -0.4 is 10.6 Å². The van der Waals surface area contributed by atoms with Gasteiger partial charge in [-0.1, -0.05) is 86.7 Å². The third-order valence-corrected chi connectivity index (χ3v) is 5.84. The fourth-order valence-corrected chi connectivity index (χ4v) is 3.59. The van der Waals surface area contributed by atoms with E-state index in [1.807, 2.05) is 0 Å². The van der Waals surface area contributed by atoms with Crippen LogP contribution in [-0.2, 0) is 4.74 Å². The number of phenolic OH excluding ortho intramolecular Hbond substituents is 1. The Balaban J connectivity index is 1.97. The number of aromatic hydroxyl groups is 1. The van der Waals surface area contributed by atoms with Crippen LogP contribution in [0.1, 0.15) is 82.0 Å². The van der Waals surface area contributed by atoms with Gasteiger partial charge in [0, 0.05) is 26.2 Å². The molecule has 1 amide bonds. The van der Waals surface area contributed by atoms with Crippen molar-refractivity contribution in [3.8, 4) is 5.75 Å². The monoisotopic (exact) mass is 522 g/mol. The molecule has 1 unspecified atom stereocenters. The number of nitrogens with one attached hydrogen (secondary N) is 2. The van der Waals surface area contributed by atoms with Crippen LogP contribution in [0.5, 0.6) is 5.75 Å². The maximum absolute atomic E-state index is 12.1. The van der Waals surface area contributed by atoms with Crippen molar-refractivity contribution in [2.75, 3.05) is 26.2 Å². The van der Waals surface area contributed by atoms with Gasteiger partial charge in [-0.05, 0) is 69.9 Å². The normalized spacial score (nSPS) is 13.1. The molecule has 0 saturated heterocycles. The molecule has 0 aromatic heterocycles. The highest BCUT2D eigenvalue weighted by Gasteiger charge is 2.09. The maximum atomic E-state index is 12.1. The van der Waals surface area contributed by atoms with E-state index in [0.717, 1.165) is 70.9 Å². The van der Waals surface area contributed by atoms with Crippen LogP contribution >= 0.6 is 0 Å². The molecule has 0 spiro atoms. The summed E-state index contributed by atoms with van der Waals surface area (Å²) < 4.78 is 6.00. The molecule has 210 valence electrons. The smallest absolute Gasteiger partial charge is 0.255 e. The van der Waals surface area contributed by atoms with E-state index in [1.165, 1.54) is 6.07 Å². The third kappa shape index (κ3) is 18.4. The minimum atomic E-state index is -0.263. The molecule has 0 aliphatic rings. The molecule has 0 heterocycles. The second-order valence-corrected chi connectivity index (χ2v) is 9.08. The zero-order valence-electron chi connectivity index (χ0n) is 23.6. The minimum Gasteiger partial charge on any atom is -0.507 e. The molecule has 1 aromatic rings. The first-order chi connectivity index (χ1) is 18.7. The molecule has 5 nitrogen and oxygen atoms in total. The number of phenols is 1. The Hall–Kier alpha value is -2.89. The molecule has 0 radical (unpaired) electrons. The number of ether oxygens (including phenoxy) is 1. The quantitative estimate of drug-likeness (QED) is 0.109. The number of unbranched alkanes of at least 4 members (excludes halogenated alkanes) is 2. The number of benzene rings is 1. The zero-order valence-corrected chi connectivity index (χ0v) is 23.6. The van der Waals surface area contributed by atoms with Crippen LogP contribution in [0.4, 0.5) is 0 Å². The van der Waals surface area contributed by atoms with Crippen LogP contribution in [0.3, 0.4) is 0 Å². The molecule has 0 bridgehead atoms. The van der Waals surface area contributed by atoms with Crippen LogP contribution in [0.15, 0.2) is 85.0 Å². The summed E-state index contributed by atoms with van der Waals surface area (Å²) >= 11 is 0. The lowest BCUT2D eigenvalue weighted by molar-refractivity contribution is 0.0487. The third-order valence-electron chi connectivity index (χ3n) is 5.84. The summed E-state index contributed by atoms with van der Waals surface area (Å²) in [6.07, 6.45) is 31.8. The Morgan fingerprint density at radius 1 is 0.842 bits per heavy atom. The average Bonchev–Trinajstić information content (AvgIpc) is 2.93. The van der Waals surface area contributed by atoms with Crippen molar-refractivity contribution in [2.24, 2.45) is 0 Å². The van der Waals surface area contributed by atoms with Crippen LogP contribution in [0.2, 0.25) is 0 Å². The fourth-order valence-electron chi connectivity index (χ4n) is 3.59. The Morgan fingerprint density at radius 3 is 2.05 bits per heavy atom. The second kappa shape index (κ2) is 24.4. The van der Waals surface area contributed by atoms with Crippen molar-refractivity contribution in [3.05, 3.63) is 90.6 Å². The van der Waals surface area contributed by atoms with Gasteiger partial charge in [0.1, 0.15) is 5.75 Å². The van der Waals surface area contributed by atoms with Gasteiger partial charge in [-0.25, -0.2) is 0 Å². The molecular weight excluding hydrogens is 472 g/mol. The van der Waals surface area contributed by atoms with Gasteiger partial charge in [0.15, 0.2) is 0 Å². The van der Waals surface area contributed by atoms with Crippen molar-refractivity contribution >= 4 is 5.91 Å². The van der Waals surface area contributed by atoms with E-state index in [9.17, 15) is 9.90 Å². The highest BCUT2D eigenvalue weighted by Crippen LogP contribution is 2.14. The van der Waals surface area contributed by atoms with Gasteiger partial charge in [-0.3, -0.25) is 4.79 Å². The zero-order chi connectivity index (χ0) is 27.5. The first-order valence-corrected chi connectivity index (χ1v) is 14.3. The molecule has 1 rings (SSSR count). The van der Waals surface area contributed by atoms with E-state index >= 15 is 0 Å². The van der Waals surface area contributed by atoms with Gasteiger partial charge in [-0.15, -0.1) is 0 Å². The number of allylic oxidation sites excluding steroid dienone is 10. The fraction of sp³-hybridized carbons (Fsp3) is 0.485. The Bertz CT molecular complexity index is 871. The lowest BCUT2D eigenvalue weighted by Crippen LogP contribution is -2.36. The number of carbonyl (C=O) groups is 1. The van der Waals surface area contributed by atoms with E-state index in [2.05, 4.69) is 85.2 Å². The molecule has 3 N–H and O–H groups in total. The predicted octanol–water partition coefficient (Wildman–Crippen LogP) is 7.43. The summed E-state index contributed by atoms with van der Waals surface area (Å²) in [5, 5.41) is 15.9. The van der Waals surface area contributed by atoms with Crippen LogP contribution in [0.25, 0.3) is 0 Å². The minimum absolute atomic E-state index is 0.00116. The largest absolute Gasteiger partial charge is 0.507 e. The van der Waals surface area contributed by atoms with Crippen molar-refractivity contribution in [1.29, 1.82) is 0 Å². The molecule has 0 aliphatic carbocycles. The van der Waals surface area contributed by atoms with E-state index in [4.69, 9.17) is 4.74 Å². The van der Waals surface area contributed by atoms with Crippen molar-refractivity contribution in [2.45, 2.75) is 77.7 Å². The van der Waals surface area contributed by atoms with Gasteiger partial charge in [0.05, 0.1) is 11.7 Å². The summed E-state index contributed by atoms with van der Waals surface area (Å²) in [6.45, 7) is 6.97. The highest BCUT2D eigenvalue weighted by atomic mass is 16.5. The molecule has 0 fully saturated rings. The molecule has 1 atom stereocenters. The Labute approximate surface area is 231 Å². The number of rotatable bonds is 22. The molecule has 0 aliphatic heterocycles. The summed E-state index contributed by atoms with van der Waals surface area (Å²) in [4.78, 5) is 12.1. The van der Waals surface area contributed by atoms with Crippen molar-refractivity contribution in [1.82, 2.24) is 10.6 Å². The predicted molar refractivity (Wildman–Crippen MR) is 162 cm³/mol. The standard InChI is InChI=1S/C33H50N2O3/c1-3-5-6-7-8-9-10-11-12-13-14-15-16-17-18-19-20-23-28-38-30(4-2)29-34-26-27-35-33(37)31-24-21-22-25-32(31)36/h5-6,8-9,11-12,14-15,17-18,21-22,24-25,30,34,36H,3-4,7,10,13,16,19-20,23,26-29H2,1-2H3,(H,35,37)/b6-5-,9-8-,12-11-,15-14-,18-17-. The number of hydrogen-bond donors (Lipinski definition) is 3. The number of hydrogen-bond acceptors (Lipinski definition) is 4. The number of carbonyl (C=O) groups excluding carboxylic acids is 1. The van der Waals surface area contributed by atoms with E-state index in [0.29, 0.717) is 18.7 Å². The summed E-state index contributed by atoms with van der Waals surface area (Å²) in [7, 11) is 0. The maximum Gasteiger partial charge on any atom is 0.255 e. The Kier molecular flexibility index (Phi) is 21.3. The highest BCUT2D eigenvalue weighted by molar-refractivity contribution is 5.96. The van der Waals surface area contributed by atoms with Crippen LogP contribution in [-0.4, -0.2) is 43.4 Å². The van der Waals surface area contributed by atoms with E-state index < -0.39 is 0 Å². The van der Waals surface area contributed by atoms with Gasteiger partial charge in [0.25, 0.3) is 5.91 Å². The first kappa shape index (κ1) is 33.1. The summed E-state index contributed by atoms with van der Waals surface area (Å²) in [5.41, 5.74) is 0.298. The van der Waals surface area contributed by atoms with Crippen LogP contribution in [0, 0.1) is 0 Å². The summed E-state index contributed by atoms with van der Waals surface area (Å²) in [6, 6.07) is 6.56. The molecular formula is C33H50N2O3. The molecule has 5 heteroatoms. The van der Waals surface area contributed by atoms with Gasteiger partial charge in [-0.2, -0.15) is 0 Å². The van der Waals surface area contributed by atoms with E-state index in [1.54, 1.807) is 18.2 Å². The van der Waals surface area contributed by atoms with Crippen molar-refractivity contribution < 1.29 is 14.6 Å². The first-order valence-electron chi connectivity index (χ1n) is 14.3. The molecule has 38 heavy (non-hydrogen) atoms. The molecule has 1 aromatic carbocycles. The Morgan fingerprint density at radius 2 is 1.45 bits per heavy atom. The number of amides is 1. The van der Waals surface area contributed by atoms with E-state index in [-0.39, 0.29) is 17.8 Å². The second-order valence-electron chi connectivity index (χ2n) is 9.08. The molecule has 0 saturated carbocycles.